The van der Waals surface area contributed by atoms with Crippen LogP contribution in [-0.2, 0) is 52.8 Å². The zero-order valence-corrected chi connectivity index (χ0v) is 44.7. The minimum absolute atomic E-state index is 0.131. The lowest BCUT2D eigenvalue weighted by molar-refractivity contribution is -0.155. The molecule has 2 aromatic heterocycles. The highest BCUT2D eigenvalue weighted by Gasteiger charge is 2.43. The van der Waals surface area contributed by atoms with E-state index in [1.165, 1.54) is 9.91 Å². The molecule has 16 nitrogen and oxygen atoms in total. The number of nitrogens with one attached hydrogen (secondary N) is 2. The number of carbonyl (C=O) groups is 5. The molecule has 4 amide bonds. The summed E-state index contributed by atoms with van der Waals surface area (Å²) >= 11 is 0. The molecule has 2 aromatic carbocycles. The van der Waals surface area contributed by atoms with Gasteiger partial charge in [-0.15, -0.1) is 0 Å². The zero-order chi connectivity index (χ0) is 52.5. The molecule has 4 aromatic rings. The van der Waals surface area contributed by atoms with Gasteiger partial charge in [0, 0.05) is 87.9 Å². The number of nitrogens with zero attached hydrogens (tertiary/aromatic N) is 7. The van der Waals surface area contributed by atoms with Gasteiger partial charge in [-0.3, -0.25) is 38.9 Å². The maximum absolute atomic E-state index is 14.8. The normalized spacial score (nSPS) is 22.0. The average molecular weight is 998 g/mol. The van der Waals surface area contributed by atoms with Crippen LogP contribution in [0.25, 0.3) is 33.3 Å². The number of carbonyl (C=O) groups excluding carboxylic acids is 5. The number of cyclic esters (lactones) is 1. The van der Waals surface area contributed by atoms with E-state index in [0.29, 0.717) is 45.3 Å². The topological polar surface area (TPSA) is 162 Å². The van der Waals surface area contributed by atoms with E-state index >= 15 is 0 Å². The van der Waals surface area contributed by atoms with Gasteiger partial charge in [0.05, 0.1) is 30.0 Å². The van der Waals surface area contributed by atoms with E-state index in [2.05, 4.69) is 89.2 Å². The molecule has 3 fully saturated rings. The Bertz CT molecular complexity index is 2800. The van der Waals surface area contributed by atoms with Crippen LogP contribution in [0, 0.1) is 29.1 Å². The Morgan fingerprint density at radius 2 is 1.75 bits per heavy atom. The second kappa shape index (κ2) is 21.8. The molecule has 390 valence electrons. The van der Waals surface area contributed by atoms with Crippen molar-refractivity contribution < 1.29 is 33.4 Å². The molecule has 16 heteroatoms. The number of hydrazine groups is 1. The van der Waals surface area contributed by atoms with Crippen molar-refractivity contribution in [3.8, 4) is 34.2 Å². The van der Waals surface area contributed by atoms with E-state index in [1.54, 1.807) is 25.3 Å². The predicted molar refractivity (Wildman–Crippen MR) is 281 cm³/mol. The van der Waals surface area contributed by atoms with Gasteiger partial charge in [0.15, 0.2) is 0 Å². The molecule has 73 heavy (non-hydrogen) atoms. The van der Waals surface area contributed by atoms with Crippen LogP contribution < -0.4 is 10.7 Å². The van der Waals surface area contributed by atoms with Gasteiger partial charge in [-0.2, -0.15) is 0 Å². The van der Waals surface area contributed by atoms with E-state index in [9.17, 15) is 24.0 Å². The number of aryl methyl sites for hydroxylation is 1. The van der Waals surface area contributed by atoms with Crippen LogP contribution in [0.4, 0.5) is 0 Å². The van der Waals surface area contributed by atoms with E-state index < -0.39 is 47.2 Å². The number of esters is 1. The molecule has 8 rings (SSSR count). The Morgan fingerprint density at radius 1 is 1.00 bits per heavy atom. The van der Waals surface area contributed by atoms with Crippen molar-refractivity contribution in [2.24, 2.45) is 17.3 Å². The maximum Gasteiger partial charge on any atom is 0.324 e. The molecule has 2 N–H and O–H groups in total. The summed E-state index contributed by atoms with van der Waals surface area (Å²) in [6.45, 7) is 15.3. The molecule has 0 radical (unpaired) electrons. The first-order valence-electron chi connectivity index (χ1n) is 26.0. The standard InChI is InChI=1S/C57H75N9O7/c1-12-65-47-21-20-40-30-43(47)44(51(65)42-18-14-25-58-49(42)37(4)72-11)31-56(5,6)35-73-55(71)45-19-15-26-66(60-45)54(70)46(29-38-16-13-17-39(40)28-38)59-52(68)50(36(2)3)63(10)53(69)41-23-27-64(32-41)48(67)22-24-57(61(7)8)33-62(9)34-57/h13-14,16-18,20-21,25,28,30,36-37,41,45-46,50,60H,12,15,19,23,26-27,29,31-35H2,1-11H3,(H,59,68)/t37-,41?,45-,46-,50-/m0/s1. The lowest BCUT2D eigenvalue weighted by Crippen LogP contribution is -2.66. The van der Waals surface area contributed by atoms with Crippen molar-refractivity contribution in [3.05, 3.63) is 77.6 Å². The van der Waals surface area contributed by atoms with Gasteiger partial charge in [0.25, 0.3) is 11.8 Å². The SMILES string of the molecule is CCn1c(-c2cccnc2[C@H](C)OC)c2c3cc(ccc31)-c1cccc(c1)C[C@H](NC(=O)[C@H](C(C)C)N(C)C(=O)C1CCN(C(=O)C#CC3(N(C)C)CN(C)C3)C1)C(=O)N1CCC[C@H](N1)C(=O)OCC(C)(C)C2. The van der Waals surface area contributed by atoms with E-state index in [-0.39, 0.29) is 48.9 Å². The van der Waals surface area contributed by atoms with Crippen LogP contribution in [0.3, 0.4) is 0 Å². The Morgan fingerprint density at radius 3 is 2.45 bits per heavy atom. The number of likely N-dealkylation sites (tertiary alicyclic amines) is 2. The number of hydrogen-bond donors (Lipinski definition) is 2. The van der Waals surface area contributed by atoms with Crippen LogP contribution in [-0.4, -0.2) is 162 Å². The van der Waals surface area contributed by atoms with Gasteiger partial charge >= 0.3 is 5.97 Å². The van der Waals surface area contributed by atoms with Crippen molar-refractivity contribution in [2.75, 3.05) is 74.6 Å². The number of ether oxygens (including phenoxy) is 2. The lowest BCUT2D eigenvalue weighted by Gasteiger charge is -2.49. The molecular formula is C57H75N9O7. The molecule has 3 saturated heterocycles. The van der Waals surface area contributed by atoms with Crippen LogP contribution in [0.1, 0.15) is 83.7 Å². The van der Waals surface area contributed by atoms with Crippen LogP contribution in [0.2, 0.25) is 0 Å². The Labute approximate surface area is 431 Å². The first-order valence-corrected chi connectivity index (χ1v) is 26.0. The average Bonchev–Trinajstić information content (AvgIpc) is 3.98. The molecular weight excluding hydrogens is 923 g/mol. The summed E-state index contributed by atoms with van der Waals surface area (Å²) in [5.74, 6) is 3.34. The Hall–Kier alpha value is -6.12. The third-order valence-electron chi connectivity index (χ3n) is 15.4. The number of benzene rings is 2. The van der Waals surface area contributed by atoms with Gasteiger partial charge < -0.3 is 34.1 Å². The third kappa shape index (κ3) is 11.1. The summed E-state index contributed by atoms with van der Waals surface area (Å²) in [6, 6.07) is 15.8. The number of amides is 4. The molecule has 0 saturated carbocycles. The Balaban J connectivity index is 1.10. The highest BCUT2D eigenvalue weighted by atomic mass is 16.5. The number of pyridine rings is 1. The summed E-state index contributed by atoms with van der Waals surface area (Å²) in [6.07, 6.45) is 3.72. The first kappa shape index (κ1) is 53.2. The predicted octanol–water partition coefficient (Wildman–Crippen LogP) is 5.33. The fraction of sp³-hybridized carbons (Fsp3) is 0.544. The van der Waals surface area contributed by atoms with E-state index in [0.717, 1.165) is 63.2 Å². The second-order valence-electron chi connectivity index (χ2n) is 22.1. The smallest absolute Gasteiger partial charge is 0.324 e. The molecule has 0 aliphatic carbocycles. The van der Waals surface area contributed by atoms with Crippen LogP contribution in [0.5, 0.6) is 0 Å². The molecule has 4 aliphatic rings. The van der Waals surface area contributed by atoms with Crippen LogP contribution in [0.15, 0.2) is 60.8 Å². The zero-order valence-electron chi connectivity index (χ0n) is 44.7. The summed E-state index contributed by atoms with van der Waals surface area (Å²) < 4.78 is 14.3. The number of fused-ring (bicyclic) bond motifs is 6. The van der Waals surface area contributed by atoms with Crippen molar-refractivity contribution >= 4 is 40.5 Å². The molecule has 0 spiro atoms. The molecule has 1 unspecified atom stereocenters. The van der Waals surface area contributed by atoms with E-state index in [1.807, 2.05) is 65.0 Å². The van der Waals surface area contributed by atoms with Gasteiger partial charge in [-0.25, -0.2) is 5.43 Å². The Kier molecular flexibility index (Phi) is 15.9. The third-order valence-corrected chi connectivity index (χ3v) is 15.4. The van der Waals surface area contributed by atoms with Gasteiger partial charge in [0.2, 0.25) is 11.8 Å². The van der Waals surface area contributed by atoms with Gasteiger partial charge in [-0.1, -0.05) is 63.9 Å². The highest BCUT2D eigenvalue weighted by Crippen LogP contribution is 2.42. The lowest BCUT2D eigenvalue weighted by atomic mass is 9.84. The summed E-state index contributed by atoms with van der Waals surface area (Å²) in [5.41, 5.74) is 10.1. The largest absolute Gasteiger partial charge is 0.464 e. The van der Waals surface area contributed by atoms with E-state index in [4.69, 9.17) is 14.5 Å². The van der Waals surface area contributed by atoms with Gasteiger partial charge in [0.1, 0.15) is 23.7 Å². The number of likely N-dealkylation sites (N-methyl/N-ethyl adjacent to an activating group) is 3. The van der Waals surface area contributed by atoms with Crippen molar-refractivity contribution in [1.29, 1.82) is 0 Å². The maximum atomic E-state index is 14.8. The number of rotatable bonds is 10. The van der Waals surface area contributed by atoms with Crippen molar-refractivity contribution in [2.45, 2.75) is 110 Å². The summed E-state index contributed by atoms with van der Waals surface area (Å²) in [7, 11) is 9.26. The van der Waals surface area contributed by atoms with Crippen LogP contribution >= 0.6 is 0 Å². The minimum Gasteiger partial charge on any atom is -0.464 e. The molecule has 6 bridgehead atoms. The number of hydrogen-bond acceptors (Lipinski definition) is 11. The molecule has 5 atom stereocenters. The highest BCUT2D eigenvalue weighted by molar-refractivity contribution is 5.97. The van der Waals surface area contributed by atoms with Crippen molar-refractivity contribution in [1.82, 2.24) is 44.9 Å². The second-order valence-corrected chi connectivity index (χ2v) is 22.1. The summed E-state index contributed by atoms with van der Waals surface area (Å²) in [4.78, 5) is 83.3. The molecule has 6 heterocycles. The quantitative estimate of drug-likeness (QED) is 0.156. The minimum atomic E-state index is -1.06. The fourth-order valence-corrected chi connectivity index (χ4v) is 11.3. The number of methoxy groups -OCH3 is 1. The van der Waals surface area contributed by atoms with Crippen molar-refractivity contribution in [3.63, 3.8) is 0 Å². The fourth-order valence-electron chi connectivity index (χ4n) is 11.3. The summed E-state index contributed by atoms with van der Waals surface area (Å²) in [5, 5.41) is 5.61. The first-order chi connectivity index (χ1) is 34.7. The monoisotopic (exact) mass is 998 g/mol. The van der Waals surface area contributed by atoms with Gasteiger partial charge in [-0.05, 0) is 119 Å². The molecule has 4 aliphatic heterocycles. The number of aromatic nitrogens is 2.